The molecule has 1 amide bonds. The summed E-state index contributed by atoms with van der Waals surface area (Å²) in [4.78, 5) is 12.4. The number of methoxy groups -OCH3 is 1. The monoisotopic (exact) mass is 502 g/mol. The van der Waals surface area contributed by atoms with E-state index in [-0.39, 0.29) is 39.6 Å². The van der Waals surface area contributed by atoms with Crippen molar-refractivity contribution in [1.82, 2.24) is 15.5 Å². The molecule has 1 fully saturated rings. The number of thioether (sulfide) groups is 1. The predicted molar refractivity (Wildman–Crippen MR) is 113 cm³/mol. The summed E-state index contributed by atoms with van der Waals surface area (Å²) >= 11 is 0.831. The number of benzene rings is 2. The minimum absolute atomic E-state index is 0.0145. The molecule has 1 aromatic heterocycles. The molecule has 2 N–H and O–H groups in total. The number of hydrogen-bond acceptors (Lipinski definition) is 7. The molecule has 1 aliphatic heterocycles. The van der Waals surface area contributed by atoms with Crippen molar-refractivity contribution in [2.24, 2.45) is 0 Å². The van der Waals surface area contributed by atoms with Crippen molar-refractivity contribution >= 4 is 34.1 Å². The molecule has 2 heterocycles. The normalized spacial score (nSPS) is 18.3. The Labute approximate surface area is 192 Å². The second kappa shape index (κ2) is 9.14. The summed E-state index contributed by atoms with van der Waals surface area (Å²) in [5.41, 5.74) is -4.11. The van der Waals surface area contributed by atoms with Gasteiger partial charge >= 0.3 is 5.51 Å². The third-order valence-electron chi connectivity index (χ3n) is 4.88. The number of amides is 1. The van der Waals surface area contributed by atoms with Crippen LogP contribution < -0.4 is 15.4 Å². The van der Waals surface area contributed by atoms with Crippen LogP contribution >= 0.6 is 23.1 Å². The van der Waals surface area contributed by atoms with E-state index in [1.807, 2.05) is 0 Å². The van der Waals surface area contributed by atoms with Crippen LogP contribution in [0.25, 0.3) is 10.6 Å². The highest BCUT2D eigenvalue weighted by molar-refractivity contribution is 8.00. The first kappa shape index (κ1) is 23.2. The lowest BCUT2D eigenvalue weighted by Crippen LogP contribution is -2.33. The predicted octanol–water partition coefficient (Wildman–Crippen LogP) is 4.80. The molecule has 2 atom stereocenters. The van der Waals surface area contributed by atoms with Crippen LogP contribution in [0.2, 0.25) is 0 Å². The molecule has 13 heteroatoms. The van der Waals surface area contributed by atoms with E-state index in [4.69, 9.17) is 4.74 Å². The SMILES string of the molecule is COc1cc(F)c([C@@H]2CNC(=O)[C@H]2Nc2nnc(-c3ccc(SC(F)(F)F)cc3)s2)c(F)c1. The highest BCUT2D eigenvalue weighted by Gasteiger charge is 2.39. The van der Waals surface area contributed by atoms with Gasteiger partial charge in [-0.15, -0.1) is 10.2 Å². The number of carbonyl (C=O) groups excluding carboxylic acids is 1. The van der Waals surface area contributed by atoms with Crippen LogP contribution in [0.5, 0.6) is 5.75 Å². The zero-order chi connectivity index (χ0) is 23.8. The fourth-order valence-electron chi connectivity index (χ4n) is 3.42. The van der Waals surface area contributed by atoms with Gasteiger partial charge in [0.2, 0.25) is 11.0 Å². The molecular formula is C20H15F5N4O2S2. The summed E-state index contributed by atoms with van der Waals surface area (Å²) in [5.74, 6) is -2.97. The summed E-state index contributed by atoms with van der Waals surface area (Å²) < 4.78 is 71.4. The van der Waals surface area contributed by atoms with E-state index < -0.39 is 35.0 Å². The Kier molecular flexibility index (Phi) is 6.43. The van der Waals surface area contributed by atoms with Crippen LogP contribution in [-0.4, -0.2) is 41.3 Å². The number of alkyl halides is 3. The van der Waals surface area contributed by atoms with Crippen LogP contribution in [0, 0.1) is 11.6 Å². The molecule has 0 unspecified atom stereocenters. The lowest BCUT2D eigenvalue weighted by atomic mass is 9.93. The zero-order valence-corrected chi connectivity index (χ0v) is 18.4. The summed E-state index contributed by atoms with van der Waals surface area (Å²) in [7, 11) is 1.29. The highest BCUT2D eigenvalue weighted by atomic mass is 32.2. The van der Waals surface area contributed by atoms with Gasteiger partial charge in [-0.1, -0.05) is 23.5 Å². The highest BCUT2D eigenvalue weighted by Crippen LogP contribution is 2.38. The van der Waals surface area contributed by atoms with Gasteiger partial charge in [0.25, 0.3) is 0 Å². The standard InChI is InChI=1S/C20H15F5N4O2S2/c1-31-10-6-13(21)15(14(22)7-10)12-8-26-17(30)16(12)27-19-29-28-18(32-19)9-2-4-11(5-3-9)33-20(23,24)25/h2-7,12,16H,8H2,1H3,(H,26,30)(H,27,29)/t12-,16-/m0/s1. The Bertz CT molecular complexity index is 1150. The third kappa shape index (κ3) is 5.19. The quantitative estimate of drug-likeness (QED) is 0.373. The second-order valence-corrected chi connectivity index (χ2v) is 9.08. The molecule has 33 heavy (non-hydrogen) atoms. The Morgan fingerprint density at radius 3 is 2.42 bits per heavy atom. The van der Waals surface area contributed by atoms with Crippen LogP contribution in [0.15, 0.2) is 41.3 Å². The maximum atomic E-state index is 14.6. The maximum Gasteiger partial charge on any atom is 0.446 e. The van der Waals surface area contributed by atoms with Crippen LogP contribution in [-0.2, 0) is 4.79 Å². The number of halogens is 5. The summed E-state index contributed by atoms with van der Waals surface area (Å²) in [6.07, 6.45) is 0. The van der Waals surface area contributed by atoms with E-state index in [0.717, 1.165) is 23.5 Å². The molecular weight excluding hydrogens is 487 g/mol. The molecule has 6 nitrogen and oxygen atoms in total. The summed E-state index contributed by atoms with van der Waals surface area (Å²) in [5, 5.41) is 14.0. The average Bonchev–Trinajstić information content (AvgIpc) is 3.35. The van der Waals surface area contributed by atoms with E-state index in [0.29, 0.717) is 10.6 Å². The fraction of sp³-hybridized carbons (Fsp3) is 0.250. The van der Waals surface area contributed by atoms with Crippen molar-refractivity contribution in [3.8, 4) is 16.3 Å². The topological polar surface area (TPSA) is 76.1 Å². The summed E-state index contributed by atoms with van der Waals surface area (Å²) in [6, 6.07) is 6.67. The summed E-state index contributed by atoms with van der Waals surface area (Å²) in [6.45, 7) is 0.0145. The molecule has 0 radical (unpaired) electrons. The van der Waals surface area contributed by atoms with Crippen molar-refractivity contribution in [3.63, 3.8) is 0 Å². The van der Waals surface area contributed by atoms with Crippen LogP contribution in [0.4, 0.5) is 27.1 Å². The van der Waals surface area contributed by atoms with E-state index in [1.165, 1.54) is 31.4 Å². The Morgan fingerprint density at radius 1 is 1.15 bits per heavy atom. The van der Waals surface area contributed by atoms with Gasteiger partial charge in [-0.05, 0) is 23.9 Å². The molecule has 0 saturated carbocycles. The lowest BCUT2D eigenvalue weighted by Gasteiger charge is -2.19. The smallest absolute Gasteiger partial charge is 0.446 e. The van der Waals surface area contributed by atoms with Crippen molar-refractivity contribution in [2.45, 2.75) is 22.4 Å². The van der Waals surface area contributed by atoms with Gasteiger partial charge in [-0.3, -0.25) is 4.79 Å². The van der Waals surface area contributed by atoms with Crippen LogP contribution in [0.1, 0.15) is 11.5 Å². The van der Waals surface area contributed by atoms with E-state index in [1.54, 1.807) is 0 Å². The number of nitrogens with one attached hydrogen (secondary N) is 2. The van der Waals surface area contributed by atoms with Gasteiger partial charge in [-0.25, -0.2) is 8.78 Å². The van der Waals surface area contributed by atoms with Crippen molar-refractivity contribution in [1.29, 1.82) is 0 Å². The second-order valence-electron chi connectivity index (χ2n) is 6.96. The fourth-order valence-corrected chi connectivity index (χ4v) is 4.75. The van der Waals surface area contributed by atoms with Gasteiger partial charge in [0.1, 0.15) is 28.4 Å². The zero-order valence-electron chi connectivity index (χ0n) is 16.7. The molecule has 0 aliphatic carbocycles. The minimum Gasteiger partial charge on any atom is -0.497 e. The number of hydrogen-bond donors (Lipinski definition) is 2. The molecule has 174 valence electrons. The first-order valence-corrected chi connectivity index (χ1v) is 11.0. The molecule has 1 saturated heterocycles. The Morgan fingerprint density at radius 2 is 1.82 bits per heavy atom. The van der Waals surface area contributed by atoms with Gasteiger partial charge in [0, 0.05) is 40.6 Å². The minimum atomic E-state index is -4.39. The molecule has 3 aromatic rings. The Hall–Kier alpha value is -2.93. The van der Waals surface area contributed by atoms with E-state index in [2.05, 4.69) is 20.8 Å². The Balaban J connectivity index is 1.53. The maximum absolute atomic E-state index is 14.6. The number of carbonyl (C=O) groups is 1. The molecule has 2 aromatic carbocycles. The number of rotatable bonds is 6. The van der Waals surface area contributed by atoms with E-state index >= 15 is 0 Å². The first-order chi connectivity index (χ1) is 15.6. The van der Waals surface area contributed by atoms with Gasteiger partial charge in [0.15, 0.2) is 0 Å². The molecule has 0 spiro atoms. The van der Waals surface area contributed by atoms with Crippen LogP contribution in [0.3, 0.4) is 0 Å². The van der Waals surface area contributed by atoms with Gasteiger partial charge in [-0.2, -0.15) is 13.2 Å². The van der Waals surface area contributed by atoms with Crippen molar-refractivity contribution in [2.75, 3.05) is 19.0 Å². The number of aromatic nitrogens is 2. The molecule has 4 rings (SSSR count). The molecule has 0 bridgehead atoms. The van der Waals surface area contributed by atoms with Crippen molar-refractivity contribution < 1.29 is 31.5 Å². The largest absolute Gasteiger partial charge is 0.497 e. The van der Waals surface area contributed by atoms with Gasteiger partial charge < -0.3 is 15.4 Å². The third-order valence-corrected chi connectivity index (χ3v) is 6.52. The number of anilines is 1. The first-order valence-electron chi connectivity index (χ1n) is 9.41. The lowest BCUT2D eigenvalue weighted by molar-refractivity contribution is -0.119. The average molecular weight is 502 g/mol. The van der Waals surface area contributed by atoms with Gasteiger partial charge in [0.05, 0.1) is 7.11 Å². The number of nitrogens with zero attached hydrogens (tertiary/aromatic N) is 2. The number of ether oxygens (including phenoxy) is 1. The van der Waals surface area contributed by atoms with E-state index in [9.17, 15) is 26.7 Å². The van der Waals surface area contributed by atoms with Crippen molar-refractivity contribution in [3.05, 3.63) is 53.6 Å². The molecule has 1 aliphatic rings.